The van der Waals surface area contributed by atoms with Gasteiger partial charge in [-0.1, -0.05) is 4.52 Å². The molecule has 7 nitrogen and oxygen atoms in total. The van der Waals surface area contributed by atoms with Crippen molar-refractivity contribution in [3.8, 4) is 0 Å². The van der Waals surface area contributed by atoms with E-state index >= 15 is 0 Å². The quantitative estimate of drug-likeness (QED) is 0.365. The van der Waals surface area contributed by atoms with E-state index in [9.17, 15) is 19.1 Å². The van der Waals surface area contributed by atoms with Crippen molar-refractivity contribution >= 4 is 19.6 Å². The number of nitro benzene ring substituents is 1. The fraction of sp³-hybridized carbons (Fsp3) is 0.250. The van der Waals surface area contributed by atoms with Gasteiger partial charge >= 0.3 is 8.25 Å². The van der Waals surface area contributed by atoms with Crippen molar-refractivity contribution in [1.29, 1.82) is 0 Å². The van der Waals surface area contributed by atoms with Crippen LogP contribution in [0.1, 0.15) is 6.92 Å². The lowest BCUT2D eigenvalue weighted by Gasteiger charge is -2.09. The maximum absolute atomic E-state index is 12.8. The van der Waals surface area contributed by atoms with Crippen molar-refractivity contribution in [2.75, 3.05) is 5.32 Å². The van der Waals surface area contributed by atoms with E-state index in [1.165, 1.54) is 6.92 Å². The zero-order valence-electron chi connectivity index (χ0n) is 8.66. The van der Waals surface area contributed by atoms with Gasteiger partial charge in [0.25, 0.3) is 5.69 Å². The number of nitro groups is 1. The van der Waals surface area contributed by atoms with E-state index in [0.29, 0.717) is 0 Å². The van der Waals surface area contributed by atoms with Gasteiger partial charge in [-0.2, -0.15) is 0 Å². The second kappa shape index (κ2) is 5.62. The second-order valence-corrected chi connectivity index (χ2v) is 3.73. The minimum absolute atomic E-state index is 0.000694. The molecule has 1 rings (SSSR count). The van der Waals surface area contributed by atoms with Gasteiger partial charge in [-0.25, -0.2) is 4.39 Å². The van der Waals surface area contributed by atoms with Gasteiger partial charge in [0.05, 0.1) is 11.0 Å². The van der Waals surface area contributed by atoms with Crippen LogP contribution in [0.5, 0.6) is 0 Å². The molecule has 0 spiro atoms. The van der Waals surface area contributed by atoms with Gasteiger partial charge in [0, 0.05) is 4.57 Å². The Morgan fingerprint density at radius 3 is 2.82 bits per heavy atom. The molecule has 17 heavy (non-hydrogen) atoms. The lowest BCUT2D eigenvalue weighted by molar-refractivity contribution is -0.384. The van der Waals surface area contributed by atoms with Crippen LogP contribution in [0.3, 0.4) is 0 Å². The van der Waals surface area contributed by atoms with Gasteiger partial charge < -0.3 is 5.32 Å². The van der Waals surface area contributed by atoms with E-state index in [0.717, 1.165) is 18.2 Å². The third-order valence-corrected chi connectivity index (χ3v) is 2.26. The van der Waals surface area contributed by atoms with Crippen LogP contribution < -0.4 is 5.32 Å². The number of nitrogens with one attached hydrogen (secondary N) is 1. The van der Waals surface area contributed by atoms with Crippen LogP contribution in [0, 0.1) is 15.9 Å². The lowest BCUT2D eigenvalue weighted by Crippen LogP contribution is -2.16. The van der Waals surface area contributed by atoms with Crippen LogP contribution in [0.25, 0.3) is 0 Å². The number of hydrogen-bond acceptors (Lipinski definition) is 5. The smallest absolute Gasteiger partial charge is 0.351 e. The Kier molecular flexibility index (Phi) is 4.45. The summed E-state index contributed by atoms with van der Waals surface area (Å²) in [6, 6.07) is 2.92. The highest BCUT2D eigenvalue weighted by molar-refractivity contribution is 7.32. The number of rotatable bonds is 5. The zero-order valence-corrected chi connectivity index (χ0v) is 9.56. The predicted octanol–water partition coefficient (Wildman–Crippen LogP) is 2.16. The SMILES string of the molecule is CC(Nc1ccc(F)cc1[N+](=O)[O-])O[P+](=O)O. The van der Waals surface area contributed by atoms with Crippen LogP contribution in [0.2, 0.25) is 0 Å². The fourth-order valence-corrected chi connectivity index (χ4v) is 1.48. The summed E-state index contributed by atoms with van der Waals surface area (Å²) >= 11 is 0. The minimum atomic E-state index is -2.82. The molecule has 0 amide bonds. The van der Waals surface area contributed by atoms with E-state index in [1.807, 2.05) is 0 Å². The Balaban J connectivity index is 2.90. The number of benzene rings is 1. The first-order valence-electron chi connectivity index (χ1n) is 4.43. The van der Waals surface area contributed by atoms with Gasteiger partial charge in [0.1, 0.15) is 11.5 Å². The topological polar surface area (TPSA) is 102 Å². The first-order valence-corrected chi connectivity index (χ1v) is 5.56. The standard InChI is InChI=1S/C8H8FN2O5P/c1-5(16-17(14)15)10-7-3-2-6(9)4-8(7)11(12)13/h2-5,10H,1H3/p+1. The Morgan fingerprint density at radius 1 is 1.65 bits per heavy atom. The van der Waals surface area contributed by atoms with E-state index in [2.05, 4.69) is 9.84 Å². The summed E-state index contributed by atoms with van der Waals surface area (Å²) in [5, 5.41) is 13.1. The summed E-state index contributed by atoms with van der Waals surface area (Å²) in [4.78, 5) is 18.3. The molecule has 1 aromatic carbocycles. The largest absolute Gasteiger partial charge is 0.696 e. The number of nitrogens with zero attached hydrogens (tertiary/aromatic N) is 1. The van der Waals surface area contributed by atoms with Crippen LogP contribution in [-0.4, -0.2) is 16.0 Å². The molecular weight excluding hydrogens is 254 g/mol. The van der Waals surface area contributed by atoms with Gasteiger partial charge in [-0.05, 0) is 19.1 Å². The summed E-state index contributed by atoms with van der Waals surface area (Å²) in [5.74, 6) is -0.746. The average Bonchev–Trinajstić information content (AvgIpc) is 2.19. The summed E-state index contributed by atoms with van der Waals surface area (Å²) in [7, 11) is -2.82. The summed E-state index contributed by atoms with van der Waals surface area (Å²) in [6.45, 7) is 1.39. The molecule has 0 saturated carbocycles. The summed E-state index contributed by atoms with van der Waals surface area (Å²) in [6.07, 6.45) is -0.923. The molecule has 2 unspecified atom stereocenters. The Bertz CT molecular complexity index is 456. The molecule has 0 aromatic heterocycles. The van der Waals surface area contributed by atoms with Crippen molar-refractivity contribution in [2.45, 2.75) is 13.2 Å². The molecule has 0 saturated heterocycles. The average molecular weight is 263 g/mol. The molecule has 92 valence electrons. The monoisotopic (exact) mass is 263 g/mol. The summed E-state index contributed by atoms with van der Waals surface area (Å²) < 4.78 is 27.6. The highest BCUT2D eigenvalue weighted by Crippen LogP contribution is 2.27. The van der Waals surface area contributed by atoms with Crippen molar-refractivity contribution in [1.82, 2.24) is 0 Å². The first-order chi connectivity index (χ1) is 7.90. The third kappa shape index (κ3) is 4.03. The van der Waals surface area contributed by atoms with Crippen LogP contribution in [0.15, 0.2) is 18.2 Å². The van der Waals surface area contributed by atoms with Crippen molar-refractivity contribution in [2.24, 2.45) is 0 Å². The van der Waals surface area contributed by atoms with Gasteiger partial charge in [0.2, 0.25) is 0 Å². The molecule has 0 aliphatic carbocycles. The van der Waals surface area contributed by atoms with Crippen LogP contribution in [0.4, 0.5) is 15.8 Å². The fourth-order valence-electron chi connectivity index (χ4n) is 1.16. The number of hydrogen-bond donors (Lipinski definition) is 2. The molecule has 9 heteroatoms. The van der Waals surface area contributed by atoms with Gasteiger partial charge in [0.15, 0.2) is 6.23 Å². The molecule has 2 atom stereocenters. The van der Waals surface area contributed by atoms with E-state index < -0.39 is 30.9 Å². The van der Waals surface area contributed by atoms with Crippen LogP contribution in [-0.2, 0) is 9.09 Å². The minimum Gasteiger partial charge on any atom is -0.351 e. The molecule has 0 radical (unpaired) electrons. The van der Waals surface area contributed by atoms with Crippen LogP contribution >= 0.6 is 8.25 Å². The Morgan fingerprint density at radius 2 is 2.29 bits per heavy atom. The van der Waals surface area contributed by atoms with E-state index in [-0.39, 0.29) is 5.69 Å². The molecule has 0 fully saturated rings. The molecule has 0 aliphatic rings. The predicted molar refractivity (Wildman–Crippen MR) is 57.0 cm³/mol. The van der Waals surface area contributed by atoms with Crippen molar-refractivity contribution < 1.29 is 23.3 Å². The Labute approximate surface area is 96.3 Å². The highest BCUT2D eigenvalue weighted by Gasteiger charge is 2.22. The maximum Gasteiger partial charge on any atom is 0.696 e. The van der Waals surface area contributed by atoms with E-state index in [1.54, 1.807) is 0 Å². The Hall–Kier alpha value is -1.63. The van der Waals surface area contributed by atoms with Gasteiger partial charge in [-0.3, -0.25) is 10.1 Å². The molecule has 0 bridgehead atoms. The maximum atomic E-state index is 12.8. The number of anilines is 1. The molecule has 0 heterocycles. The highest BCUT2D eigenvalue weighted by atomic mass is 31.1. The van der Waals surface area contributed by atoms with Gasteiger partial charge in [-0.15, -0.1) is 4.89 Å². The third-order valence-electron chi connectivity index (χ3n) is 1.76. The lowest BCUT2D eigenvalue weighted by atomic mass is 10.2. The number of halogens is 1. The van der Waals surface area contributed by atoms with E-state index in [4.69, 9.17) is 4.89 Å². The summed E-state index contributed by atoms with van der Waals surface area (Å²) in [5.41, 5.74) is -0.477. The zero-order chi connectivity index (χ0) is 13.0. The molecule has 0 aliphatic heterocycles. The first kappa shape index (κ1) is 13.4. The van der Waals surface area contributed by atoms with Crippen molar-refractivity contribution in [3.05, 3.63) is 34.1 Å². The normalized spacial score (nSPS) is 13.0. The molecule has 2 N–H and O–H groups in total. The molecular formula is C8H9FN2O5P+. The second-order valence-electron chi connectivity index (χ2n) is 3.05. The molecule has 1 aromatic rings. The van der Waals surface area contributed by atoms with Crippen molar-refractivity contribution in [3.63, 3.8) is 0 Å².